The van der Waals surface area contributed by atoms with E-state index < -0.39 is 18.2 Å². The minimum Gasteiger partial charge on any atom is -0.481 e. The number of carbonyl (C=O) groups is 1. The SMILES string of the molecule is CCCCCC(=O)O.OCC(O)CO.OCC(O)CO. The van der Waals surface area contributed by atoms with E-state index in [9.17, 15) is 4.79 Å². The maximum absolute atomic E-state index is 9.87. The second kappa shape index (κ2) is 20.5. The van der Waals surface area contributed by atoms with Crippen LogP contribution in [0.1, 0.15) is 32.6 Å². The Bertz CT molecular complexity index is 170. The molecule has 0 spiro atoms. The van der Waals surface area contributed by atoms with E-state index in [-0.39, 0.29) is 26.4 Å². The Morgan fingerprint density at radius 2 is 1.20 bits per heavy atom. The molecule has 0 saturated carbocycles. The number of aliphatic carboxylic acids is 1. The number of carboxylic acid groups (broad SMARTS) is 1. The van der Waals surface area contributed by atoms with E-state index in [1.165, 1.54) is 0 Å². The van der Waals surface area contributed by atoms with Crippen molar-refractivity contribution in [2.75, 3.05) is 26.4 Å². The molecule has 8 heteroatoms. The summed E-state index contributed by atoms with van der Waals surface area (Å²) < 4.78 is 0. The van der Waals surface area contributed by atoms with Crippen LogP contribution in [0.2, 0.25) is 0 Å². The maximum atomic E-state index is 9.87. The molecule has 0 atom stereocenters. The van der Waals surface area contributed by atoms with Crippen molar-refractivity contribution in [3.05, 3.63) is 0 Å². The van der Waals surface area contributed by atoms with Crippen LogP contribution in [0.4, 0.5) is 0 Å². The van der Waals surface area contributed by atoms with Gasteiger partial charge >= 0.3 is 5.97 Å². The van der Waals surface area contributed by atoms with Gasteiger partial charge in [0.1, 0.15) is 12.2 Å². The molecule has 0 amide bonds. The van der Waals surface area contributed by atoms with Crippen LogP contribution in [-0.4, -0.2) is 80.4 Å². The minimum atomic E-state index is -0.954. The molecule has 0 saturated heterocycles. The summed E-state index contributed by atoms with van der Waals surface area (Å²) in [5.41, 5.74) is 0. The fourth-order valence-electron chi connectivity index (χ4n) is 0.642. The first-order chi connectivity index (χ1) is 9.39. The molecule has 20 heavy (non-hydrogen) atoms. The van der Waals surface area contributed by atoms with Crippen molar-refractivity contribution in [1.82, 2.24) is 0 Å². The molecule has 0 aromatic heterocycles. The highest BCUT2D eigenvalue weighted by molar-refractivity contribution is 5.66. The third-order valence-corrected chi connectivity index (χ3v) is 1.84. The number of hydrogen-bond donors (Lipinski definition) is 7. The van der Waals surface area contributed by atoms with Gasteiger partial charge in [-0.3, -0.25) is 4.79 Å². The fraction of sp³-hybridized carbons (Fsp3) is 0.917. The molecule has 0 bridgehead atoms. The number of unbranched alkanes of at least 4 members (excludes halogenated alkanes) is 2. The van der Waals surface area contributed by atoms with Crippen molar-refractivity contribution >= 4 is 5.97 Å². The highest BCUT2D eigenvalue weighted by Crippen LogP contribution is 1.97. The summed E-state index contributed by atoms with van der Waals surface area (Å²) in [6, 6.07) is 0. The van der Waals surface area contributed by atoms with Crippen LogP contribution >= 0.6 is 0 Å². The van der Waals surface area contributed by atoms with E-state index in [4.69, 9.17) is 35.7 Å². The van der Waals surface area contributed by atoms with E-state index in [0.717, 1.165) is 19.3 Å². The quantitative estimate of drug-likeness (QED) is 0.262. The predicted octanol–water partition coefficient (Wildman–Crippen LogP) is -1.68. The smallest absolute Gasteiger partial charge is 0.303 e. The number of rotatable bonds is 8. The van der Waals surface area contributed by atoms with Crippen molar-refractivity contribution < 1.29 is 40.5 Å². The zero-order chi connectivity index (χ0) is 16.4. The summed E-state index contributed by atoms with van der Waals surface area (Å²) in [5.74, 6) is -0.682. The van der Waals surface area contributed by atoms with Gasteiger partial charge in [-0.25, -0.2) is 0 Å². The summed E-state index contributed by atoms with van der Waals surface area (Å²) in [7, 11) is 0. The third kappa shape index (κ3) is 30.3. The van der Waals surface area contributed by atoms with Gasteiger partial charge in [0.15, 0.2) is 0 Å². The second-order valence-electron chi connectivity index (χ2n) is 3.89. The van der Waals surface area contributed by atoms with Crippen molar-refractivity contribution in [3.63, 3.8) is 0 Å². The van der Waals surface area contributed by atoms with E-state index in [1.54, 1.807) is 0 Å². The summed E-state index contributed by atoms with van der Waals surface area (Å²) in [5, 5.41) is 56.2. The average molecular weight is 300 g/mol. The van der Waals surface area contributed by atoms with Crippen molar-refractivity contribution in [2.24, 2.45) is 0 Å². The first-order valence-corrected chi connectivity index (χ1v) is 6.40. The summed E-state index contributed by atoms with van der Waals surface area (Å²) >= 11 is 0. The molecule has 0 aliphatic carbocycles. The van der Waals surface area contributed by atoms with Gasteiger partial charge in [-0.2, -0.15) is 0 Å². The highest BCUT2D eigenvalue weighted by Gasteiger charge is 1.94. The lowest BCUT2D eigenvalue weighted by Gasteiger charge is -1.96. The van der Waals surface area contributed by atoms with Gasteiger partial charge in [0, 0.05) is 6.42 Å². The lowest BCUT2D eigenvalue weighted by molar-refractivity contribution is -0.137. The molecule has 0 radical (unpaired) electrons. The summed E-state index contributed by atoms with van der Waals surface area (Å²) in [6.07, 6.45) is 1.37. The normalized spacial score (nSPS) is 9.65. The third-order valence-electron chi connectivity index (χ3n) is 1.84. The highest BCUT2D eigenvalue weighted by atomic mass is 16.4. The van der Waals surface area contributed by atoms with E-state index >= 15 is 0 Å². The Balaban J connectivity index is -0.000000221. The Labute approximate surface area is 118 Å². The monoisotopic (exact) mass is 300 g/mol. The molecule has 0 aliphatic rings. The van der Waals surface area contributed by atoms with Gasteiger partial charge in [0.05, 0.1) is 26.4 Å². The molecule has 7 N–H and O–H groups in total. The second-order valence-corrected chi connectivity index (χ2v) is 3.89. The summed E-state index contributed by atoms with van der Waals surface area (Å²) in [6.45, 7) is 0.599. The average Bonchev–Trinajstić information content (AvgIpc) is 2.46. The van der Waals surface area contributed by atoms with E-state index in [2.05, 4.69) is 6.92 Å². The van der Waals surface area contributed by atoms with E-state index in [0.29, 0.717) is 6.42 Å². The molecule has 8 nitrogen and oxygen atoms in total. The first kappa shape index (κ1) is 24.3. The lowest BCUT2D eigenvalue weighted by atomic mass is 10.2. The minimum absolute atomic E-state index is 0.327. The van der Waals surface area contributed by atoms with Crippen molar-refractivity contribution in [1.29, 1.82) is 0 Å². The number of carboxylic acids is 1. The molecule has 0 aliphatic heterocycles. The molecule has 0 unspecified atom stereocenters. The topological polar surface area (TPSA) is 159 Å². The van der Waals surface area contributed by atoms with Gasteiger partial charge in [0.25, 0.3) is 0 Å². The molecule has 0 aromatic rings. The van der Waals surface area contributed by atoms with Crippen molar-refractivity contribution in [2.45, 2.75) is 44.8 Å². The Morgan fingerprint density at radius 1 is 0.850 bits per heavy atom. The van der Waals surface area contributed by atoms with Crippen LogP contribution in [0, 0.1) is 0 Å². The van der Waals surface area contributed by atoms with Crippen molar-refractivity contribution in [3.8, 4) is 0 Å². The molecule has 0 rings (SSSR count). The summed E-state index contributed by atoms with van der Waals surface area (Å²) in [4.78, 5) is 9.87. The van der Waals surface area contributed by atoms with Crippen LogP contribution in [0.3, 0.4) is 0 Å². The predicted molar refractivity (Wildman–Crippen MR) is 72.1 cm³/mol. The Kier molecular flexibility index (Phi) is 24.9. The van der Waals surface area contributed by atoms with E-state index in [1.807, 2.05) is 0 Å². The van der Waals surface area contributed by atoms with Crippen LogP contribution in [-0.2, 0) is 4.79 Å². The molecular formula is C12H28O8. The fourth-order valence-corrected chi connectivity index (χ4v) is 0.642. The first-order valence-electron chi connectivity index (χ1n) is 6.40. The standard InChI is InChI=1S/C6H12O2.2C3H8O3/c1-2-3-4-5-6(7)8;2*4-1-3(6)2-5/h2-5H2,1H3,(H,7,8);2*3-6H,1-2H2. The Morgan fingerprint density at radius 3 is 1.35 bits per heavy atom. The largest absolute Gasteiger partial charge is 0.481 e. The number of hydrogen-bond acceptors (Lipinski definition) is 7. The van der Waals surface area contributed by atoms with Gasteiger partial charge in [-0.05, 0) is 6.42 Å². The van der Waals surface area contributed by atoms with Crippen LogP contribution < -0.4 is 0 Å². The number of aliphatic hydroxyl groups is 6. The zero-order valence-electron chi connectivity index (χ0n) is 11.9. The molecule has 0 fully saturated rings. The molecular weight excluding hydrogens is 272 g/mol. The molecule has 0 aromatic carbocycles. The number of aliphatic hydroxyl groups excluding tert-OH is 6. The molecule has 124 valence electrons. The Hall–Kier alpha value is -0.770. The maximum Gasteiger partial charge on any atom is 0.303 e. The molecule has 0 heterocycles. The van der Waals surface area contributed by atoms with Gasteiger partial charge in [-0.15, -0.1) is 0 Å². The van der Waals surface area contributed by atoms with Crippen LogP contribution in [0.25, 0.3) is 0 Å². The van der Waals surface area contributed by atoms with Crippen LogP contribution in [0.5, 0.6) is 0 Å². The lowest BCUT2D eigenvalue weighted by Crippen LogP contribution is -2.15. The van der Waals surface area contributed by atoms with Gasteiger partial charge < -0.3 is 35.7 Å². The zero-order valence-corrected chi connectivity index (χ0v) is 11.9. The van der Waals surface area contributed by atoms with Gasteiger partial charge in [-0.1, -0.05) is 19.8 Å². The van der Waals surface area contributed by atoms with Crippen LogP contribution in [0.15, 0.2) is 0 Å². The van der Waals surface area contributed by atoms with Gasteiger partial charge in [0.2, 0.25) is 0 Å².